The third kappa shape index (κ3) is 4.17. The fourth-order valence-corrected chi connectivity index (χ4v) is 4.52. The van der Waals surface area contributed by atoms with E-state index >= 15 is 0 Å². The van der Waals surface area contributed by atoms with Crippen LogP contribution in [-0.4, -0.2) is 51.4 Å². The smallest absolute Gasteiger partial charge is 0.254 e. The van der Waals surface area contributed by atoms with Gasteiger partial charge < -0.3 is 15.5 Å². The molecule has 3 aromatic rings. The molecule has 3 heterocycles. The number of fused-ring (bicyclic) bond motifs is 1. The molecule has 0 aliphatic carbocycles. The molecule has 8 heteroatoms. The summed E-state index contributed by atoms with van der Waals surface area (Å²) in [5, 5.41) is 4.26. The SMILES string of the molecule is Cc1nc2c(C(N)=O)cnn2c(C)c1CCC(=O)N(C)Cc1ccccc1N1CCCC1. The summed E-state index contributed by atoms with van der Waals surface area (Å²) < 4.78 is 1.63. The number of amides is 2. The number of anilines is 1. The maximum Gasteiger partial charge on any atom is 0.254 e. The van der Waals surface area contributed by atoms with Crippen molar-refractivity contribution in [3.05, 3.63) is 58.5 Å². The molecule has 1 aliphatic rings. The Morgan fingerprint density at radius 1 is 1.16 bits per heavy atom. The van der Waals surface area contributed by atoms with E-state index in [1.807, 2.05) is 27.0 Å². The van der Waals surface area contributed by atoms with Crippen LogP contribution < -0.4 is 10.6 Å². The molecule has 1 aliphatic heterocycles. The van der Waals surface area contributed by atoms with E-state index in [-0.39, 0.29) is 5.91 Å². The summed E-state index contributed by atoms with van der Waals surface area (Å²) in [5.41, 5.74) is 11.2. The van der Waals surface area contributed by atoms with Crippen LogP contribution in [0.1, 0.15) is 52.1 Å². The number of hydrogen-bond donors (Lipinski definition) is 1. The van der Waals surface area contributed by atoms with Crippen molar-refractivity contribution in [3.8, 4) is 0 Å². The minimum Gasteiger partial charge on any atom is -0.371 e. The van der Waals surface area contributed by atoms with Gasteiger partial charge in [-0.2, -0.15) is 5.10 Å². The quantitative estimate of drug-likeness (QED) is 0.617. The number of primary amides is 1. The van der Waals surface area contributed by atoms with Gasteiger partial charge in [0, 0.05) is 50.2 Å². The molecule has 0 bridgehead atoms. The summed E-state index contributed by atoms with van der Waals surface area (Å²) in [6.45, 7) is 6.55. The number of benzene rings is 1. The largest absolute Gasteiger partial charge is 0.371 e. The van der Waals surface area contributed by atoms with Crippen LogP contribution in [0.25, 0.3) is 5.65 Å². The number of rotatable bonds is 7. The molecule has 168 valence electrons. The van der Waals surface area contributed by atoms with Gasteiger partial charge in [-0.3, -0.25) is 9.59 Å². The van der Waals surface area contributed by atoms with E-state index in [4.69, 9.17) is 5.73 Å². The zero-order valence-electron chi connectivity index (χ0n) is 19.0. The second-order valence-corrected chi connectivity index (χ2v) is 8.49. The average molecular weight is 435 g/mol. The lowest BCUT2D eigenvalue weighted by Gasteiger charge is -2.24. The molecular formula is C24H30N6O2. The van der Waals surface area contributed by atoms with Gasteiger partial charge in [0.25, 0.3) is 5.91 Å². The topological polar surface area (TPSA) is 96.8 Å². The van der Waals surface area contributed by atoms with Crippen molar-refractivity contribution >= 4 is 23.1 Å². The first-order valence-corrected chi connectivity index (χ1v) is 11.1. The Balaban J connectivity index is 1.46. The van der Waals surface area contributed by atoms with Crippen molar-refractivity contribution in [2.75, 3.05) is 25.0 Å². The van der Waals surface area contributed by atoms with Crippen molar-refractivity contribution in [1.29, 1.82) is 0 Å². The van der Waals surface area contributed by atoms with Gasteiger partial charge in [-0.1, -0.05) is 18.2 Å². The second kappa shape index (κ2) is 8.98. The Kier molecular flexibility index (Phi) is 6.12. The second-order valence-electron chi connectivity index (χ2n) is 8.49. The molecule has 0 unspecified atom stereocenters. The van der Waals surface area contributed by atoms with Crippen LogP contribution in [0.2, 0.25) is 0 Å². The van der Waals surface area contributed by atoms with E-state index in [9.17, 15) is 9.59 Å². The summed E-state index contributed by atoms with van der Waals surface area (Å²) in [7, 11) is 1.86. The normalized spacial score (nSPS) is 13.7. The van der Waals surface area contributed by atoms with Gasteiger partial charge in [-0.15, -0.1) is 0 Å². The molecule has 0 saturated carbocycles. The zero-order valence-corrected chi connectivity index (χ0v) is 19.0. The fourth-order valence-electron chi connectivity index (χ4n) is 4.52. The van der Waals surface area contributed by atoms with E-state index in [1.165, 1.54) is 30.3 Å². The highest BCUT2D eigenvalue weighted by atomic mass is 16.2. The lowest BCUT2D eigenvalue weighted by Crippen LogP contribution is -2.28. The Labute approximate surface area is 188 Å². The van der Waals surface area contributed by atoms with Gasteiger partial charge in [0.05, 0.1) is 6.20 Å². The van der Waals surface area contributed by atoms with Gasteiger partial charge in [0.15, 0.2) is 5.65 Å². The molecule has 2 amide bonds. The van der Waals surface area contributed by atoms with Crippen molar-refractivity contribution in [2.45, 2.75) is 46.1 Å². The van der Waals surface area contributed by atoms with E-state index in [2.05, 4.69) is 33.2 Å². The summed E-state index contributed by atoms with van der Waals surface area (Å²) in [6, 6.07) is 8.35. The van der Waals surface area contributed by atoms with Crippen LogP contribution in [0.4, 0.5) is 5.69 Å². The molecule has 1 aromatic carbocycles. The molecule has 2 aromatic heterocycles. The number of para-hydroxylation sites is 1. The van der Waals surface area contributed by atoms with Gasteiger partial charge in [-0.25, -0.2) is 9.50 Å². The minimum atomic E-state index is -0.551. The maximum atomic E-state index is 12.9. The van der Waals surface area contributed by atoms with Gasteiger partial charge >= 0.3 is 0 Å². The first-order chi connectivity index (χ1) is 15.4. The van der Waals surface area contributed by atoms with Crippen LogP contribution in [0.3, 0.4) is 0 Å². The Morgan fingerprint density at radius 2 is 1.88 bits per heavy atom. The van der Waals surface area contributed by atoms with Crippen molar-refractivity contribution < 1.29 is 9.59 Å². The van der Waals surface area contributed by atoms with Crippen molar-refractivity contribution in [2.24, 2.45) is 5.73 Å². The summed E-state index contributed by atoms with van der Waals surface area (Å²) in [4.78, 5) is 33.3. The van der Waals surface area contributed by atoms with Gasteiger partial charge in [0.2, 0.25) is 5.91 Å². The highest BCUT2D eigenvalue weighted by molar-refractivity contribution is 5.98. The van der Waals surface area contributed by atoms with E-state index in [0.29, 0.717) is 30.6 Å². The first kappa shape index (κ1) is 21.8. The lowest BCUT2D eigenvalue weighted by atomic mass is 10.1. The monoisotopic (exact) mass is 434 g/mol. The number of nitrogens with two attached hydrogens (primary N) is 1. The Morgan fingerprint density at radius 3 is 2.59 bits per heavy atom. The predicted octanol–water partition coefficient (Wildman–Crippen LogP) is 2.64. The van der Waals surface area contributed by atoms with Crippen LogP contribution in [0.5, 0.6) is 0 Å². The number of hydrogen-bond acceptors (Lipinski definition) is 5. The zero-order chi connectivity index (χ0) is 22.8. The molecule has 0 radical (unpaired) electrons. The molecule has 0 atom stereocenters. The molecular weight excluding hydrogens is 404 g/mol. The average Bonchev–Trinajstić information content (AvgIpc) is 3.44. The Bertz CT molecular complexity index is 1160. The van der Waals surface area contributed by atoms with Crippen LogP contribution in [-0.2, 0) is 17.8 Å². The molecule has 0 spiro atoms. The number of aromatic nitrogens is 3. The number of carbonyl (C=O) groups excluding carboxylic acids is 2. The summed E-state index contributed by atoms with van der Waals surface area (Å²) >= 11 is 0. The lowest BCUT2D eigenvalue weighted by molar-refractivity contribution is -0.130. The summed E-state index contributed by atoms with van der Waals surface area (Å²) in [5.74, 6) is -0.469. The molecule has 32 heavy (non-hydrogen) atoms. The van der Waals surface area contributed by atoms with Crippen molar-refractivity contribution in [3.63, 3.8) is 0 Å². The molecule has 2 N–H and O–H groups in total. The van der Waals surface area contributed by atoms with E-state index < -0.39 is 5.91 Å². The number of carbonyl (C=O) groups is 2. The van der Waals surface area contributed by atoms with Gasteiger partial charge in [0.1, 0.15) is 5.56 Å². The van der Waals surface area contributed by atoms with Crippen molar-refractivity contribution in [1.82, 2.24) is 19.5 Å². The predicted molar refractivity (Wildman–Crippen MR) is 124 cm³/mol. The van der Waals surface area contributed by atoms with Crippen LogP contribution in [0, 0.1) is 13.8 Å². The number of nitrogens with zero attached hydrogens (tertiary/aromatic N) is 5. The molecule has 8 nitrogen and oxygen atoms in total. The molecule has 4 rings (SSSR count). The van der Waals surface area contributed by atoms with Crippen LogP contribution in [0.15, 0.2) is 30.5 Å². The number of aryl methyl sites for hydroxylation is 2. The summed E-state index contributed by atoms with van der Waals surface area (Å²) in [6.07, 6.45) is 4.82. The molecule has 1 saturated heterocycles. The van der Waals surface area contributed by atoms with Gasteiger partial charge in [-0.05, 0) is 50.3 Å². The first-order valence-electron chi connectivity index (χ1n) is 11.1. The third-order valence-electron chi connectivity index (χ3n) is 6.33. The van der Waals surface area contributed by atoms with E-state index in [1.54, 1.807) is 9.42 Å². The molecule has 1 fully saturated rings. The third-order valence-corrected chi connectivity index (χ3v) is 6.33. The Hall–Kier alpha value is -3.42. The minimum absolute atomic E-state index is 0.0819. The van der Waals surface area contributed by atoms with E-state index in [0.717, 1.165) is 30.0 Å². The maximum absolute atomic E-state index is 12.9. The highest BCUT2D eigenvalue weighted by Crippen LogP contribution is 2.26. The fraction of sp³-hybridized carbons (Fsp3) is 0.417. The standard InChI is InChI=1S/C24H30N6O2/c1-16-19(17(2)30-24(27-16)20(14-26-30)23(25)32)10-11-22(31)28(3)15-18-8-4-5-9-21(18)29-12-6-7-13-29/h4-5,8-9,14H,6-7,10-13,15H2,1-3H3,(H2,25,32). The highest BCUT2D eigenvalue weighted by Gasteiger charge is 2.20. The van der Waals surface area contributed by atoms with Crippen LogP contribution >= 0.6 is 0 Å².